The molecule has 0 aromatic heterocycles. The minimum Gasteiger partial charge on any atom is -0.276 e. The summed E-state index contributed by atoms with van der Waals surface area (Å²) in [5, 5.41) is -2.27. The average Bonchev–Trinajstić information content (AvgIpc) is 2.74. The lowest BCUT2D eigenvalue weighted by Gasteiger charge is -2.39. The summed E-state index contributed by atoms with van der Waals surface area (Å²) in [5.74, 6) is -25.0. The molecular weight excluding hydrogens is 483 g/mol. The fourth-order valence-electron chi connectivity index (χ4n) is 3.66. The van der Waals surface area contributed by atoms with E-state index in [1.165, 1.54) is 0 Å². The van der Waals surface area contributed by atoms with Crippen LogP contribution in [0.25, 0.3) is 0 Å². The Bertz CT molecular complexity index is 964. The Morgan fingerprint density at radius 2 is 0.774 bits per heavy atom. The molecule has 0 radical (unpaired) electrons. The van der Waals surface area contributed by atoms with Crippen LogP contribution in [-0.2, 0) is 5.41 Å². The van der Waals surface area contributed by atoms with E-state index in [-0.39, 0.29) is 11.1 Å². The Hall–Kier alpha value is -2.20. The SMILES string of the molecule is O=C(Cl)c1ccc(C2(c3ccc(C(=O)Cl)cc3)C(F)(F)C(F)(F)C(F)(F)C2(F)F)cc1. The van der Waals surface area contributed by atoms with Gasteiger partial charge in [-0.2, -0.15) is 35.1 Å². The minimum atomic E-state index is -6.47. The number of hydrogen-bond acceptors (Lipinski definition) is 2. The number of rotatable bonds is 4. The van der Waals surface area contributed by atoms with Crippen LogP contribution in [-0.4, -0.2) is 34.2 Å². The molecule has 1 saturated carbocycles. The third-order valence-electron chi connectivity index (χ3n) is 5.21. The molecular formula is C19H8Cl2F8O2. The van der Waals surface area contributed by atoms with Crippen molar-refractivity contribution in [1.82, 2.24) is 0 Å². The molecule has 2 aromatic carbocycles. The molecule has 0 N–H and O–H groups in total. The molecule has 12 heteroatoms. The topological polar surface area (TPSA) is 34.1 Å². The molecule has 1 aliphatic rings. The van der Waals surface area contributed by atoms with Crippen LogP contribution in [0.3, 0.4) is 0 Å². The van der Waals surface area contributed by atoms with Gasteiger partial charge in [0.2, 0.25) is 0 Å². The van der Waals surface area contributed by atoms with Gasteiger partial charge < -0.3 is 0 Å². The molecule has 2 nitrogen and oxygen atoms in total. The van der Waals surface area contributed by atoms with Crippen molar-refractivity contribution < 1.29 is 44.7 Å². The third-order valence-corrected chi connectivity index (χ3v) is 5.65. The van der Waals surface area contributed by atoms with Crippen LogP contribution in [0.15, 0.2) is 48.5 Å². The zero-order valence-electron chi connectivity index (χ0n) is 14.7. The zero-order valence-corrected chi connectivity index (χ0v) is 16.2. The molecule has 1 fully saturated rings. The Balaban J connectivity index is 2.45. The van der Waals surface area contributed by atoms with E-state index in [1.807, 2.05) is 0 Å². The maximum Gasteiger partial charge on any atom is 0.379 e. The normalized spacial score (nSPS) is 22.1. The summed E-state index contributed by atoms with van der Waals surface area (Å²) in [7, 11) is 0. The van der Waals surface area contributed by atoms with Crippen LogP contribution in [0, 0.1) is 0 Å². The molecule has 3 rings (SSSR count). The van der Waals surface area contributed by atoms with Gasteiger partial charge in [-0.15, -0.1) is 0 Å². The van der Waals surface area contributed by atoms with E-state index in [0.29, 0.717) is 48.5 Å². The van der Waals surface area contributed by atoms with Crippen molar-refractivity contribution in [3.63, 3.8) is 0 Å². The monoisotopic (exact) mass is 490 g/mol. The lowest BCUT2D eigenvalue weighted by molar-refractivity contribution is -0.303. The summed E-state index contributed by atoms with van der Waals surface area (Å²) < 4.78 is 117. The number of carbonyl (C=O) groups excluding carboxylic acids is 2. The van der Waals surface area contributed by atoms with Gasteiger partial charge in [-0.25, -0.2) is 0 Å². The van der Waals surface area contributed by atoms with Crippen LogP contribution in [0.2, 0.25) is 0 Å². The van der Waals surface area contributed by atoms with E-state index in [0.717, 1.165) is 0 Å². The molecule has 166 valence electrons. The van der Waals surface area contributed by atoms with Crippen molar-refractivity contribution in [2.45, 2.75) is 29.1 Å². The Labute approximate surface area is 178 Å². The summed E-state index contributed by atoms with van der Waals surface area (Å²) in [6.07, 6.45) is 0. The summed E-state index contributed by atoms with van der Waals surface area (Å²) in [4.78, 5) is 22.3. The van der Waals surface area contributed by atoms with Gasteiger partial charge in [-0.1, -0.05) is 24.3 Å². The first kappa shape index (κ1) is 23.5. The number of alkyl halides is 8. The van der Waals surface area contributed by atoms with E-state index >= 15 is 17.6 Å². The van der Waals surface area contributed by atoms with Crippen molar-refractivity contribution in [2.24, 2.45) is 0 Å². The largest absolute Gasteiger partial charge is 0.379 e. The Kier molecular flexibility index (Phi) is 5.22. The summed E-state index contributed by atoms with van der Waals surface area (Å²) in [5.41, 5.74) is -8.00. The standard InChI is InChI=1S/C19H8Cl2F8O2/c20-13(30)9-1-5-11(6-2-9)15(12-7-3-10(4-8-12)14(21)31)16(22,23)18(26,27)19(28,29)17(15,24)25/h1-8H. The van der Waals surface area contributed by atoms with Gasteiger partial charge in [0, 0.05) is 11.1 Å². The second-order valence-corrected chi connectivity index (χ2v) is 7.44. The molecule has 0 saturated heterocycles. The van der Waals surface area contributed by atoms with Crippen molar-refractivity contribution in [3.05, 3.63) is 70.8 Å². The van der Waals surface area contributed by atoms with Crippen molar-refractivity contribution >= 4 is 33.7 Å². The molecule has 1 aliphatic carbocycles. The number of hydrogen-bond donors (Lipinski definition) is 0. The number of carbonyl (C=O) groups is 2. The van der Waals surface area contributed by atoms with Gasteiger partial charge in [-0.05, 0) is 58.6 Å². The molecule has 2 aromatic rings. The first-order valence-corrected chi connectivity index (χ1v) is 8.95. The van der Waals surface area contributed by atoms with E-state index in [4.69, 9.17) is 23.2 Å². The van der Waals surface area contributed by atoms with E-state index < -0.39 is 50.7 Å². The van der Waals surface area contributed by atoms with E-state index in [2.05, 4.69) is 0 Å². The molecule has 0 atom stereocenters. The molecule has 0 bridgehead atoms. The quantitative estimate of drug-likeness (QED) is 0.373. The zero-order chi connectivity index (χ0) is 23.6. The fourth-order valence-corrected chi connectivity index (χ4v) is 3.91. The fraction of sp³-hybridized carbons (Fsp3) is 0.263. The predicted molar refractivity (Wildman–Crippen MR) is 93.8 cm³/mol. The molecule has 0 heterocycles. The van der Waals surface area contributed by atoms with Gasteiger partial charge in [0.05, 0.1) is 0 Å². The first-order chi connectivity index (χ1) is 14.1. The minimum absolute atomic E-state index is 0.383. The number of halogens is 10. The molecule has 31 heavy (non-hydrogen) atoms. The van der Waals surface area contributed by atoms with Gasteiger partial charge in [-0.3, -0.25) is 9.59 Å². The van der Waals surface area contributed by atoms with Crippen LogP contribution >= 0.6 is 23.2 Å². The molecule has 0 amide bonds. The lowest BCUT2D eigenvalue weighted by Crippen LogP contribution is -2.56. The Morgan fingerprint density at radius 1 is 0.516 bits per heavy atom. The van der Waals surface area contributed by atoms with Gasteiger partial charge in [0.25, 0.3) is 10.5 Å². The molecule has 0 aliphatic heterocycles. The van der Waals surface area contributed by atoms with E-state index in [1.54, 1.807) is 0 Å². The highest BCUT2D eigenvalue weighted by molar-refractivity contribution is 6.68. The van der Waals surface area contributed by atoms with Crippen molar-refractivity contribution in [3.8, 4) is 0 Å². The summed E-state index contributed by atoms with van der Waals surface area (Å²) >= 11 is 10.4. The summed E-state index contributed by atoms with van der Waals surface area (Å²) in [6.45, 7) is 0. The van der Waals surface area contributed by atoms with Gasteiger partial charge in [0.1, 0.15) is 0 Å². The highest BCUT2D eigenvalue weighted by Gasteiger charge is 2.99. The van der Waals surface area contributed by atoms with Crippen LogP contribution in [0.4, 0.5) is 35.1 Å². The maximum absolute atomic E-state index is 15.0. The van der Waals surface area contributed by atoms with Crippen LogP contribution in [0.5, 0.6) is 0 Å². The van der Waals surface area contributed by atoms with Crippen LogP contribution < -0.4 is 0 Å². The second kappa shape index (κ2) is 6.90. The average molecular weight is 491 g/mol. The van der Waals surface area contributed by atoms with Crippen molar-refractivity contribution in [2.75, 3.05) is 0 Å². The van der Waals surface area contributed by atoms with Gasteiger partial charge >= 0.3 is 23.7 Å². The summed E-state index contributed by atoms with van der Waals surface area (Å²) in [6, 6.07) is 4.28. The smallest absolute Gasteiger partial charge is 0.276 e. The highest BCUT2D eigenvalue weighted by Crippen LogP contribution is 2.73. The predicted octanol–water partition coefficient (Wildman–Crippen LogP) is 6.29. The van der Waals surface area contributed by atoms with Crippen LogP contribution in [0.1, 0.15) is 31.8 Å². The lowest BCUT2D eigenvalue weighted by atomic mass is 9.68. The van der Waals surface area contributed by atoms with Gasteiger partial charge in [0.15, 0.2) is 5.41 Å². The van der Waals surface area contributed by atoms with E-state index in [9.17, 15) is 27.2 Å². The maximum atomic E-state index is 15.0. The first-order valence-electron chi connectivity index (χ1n) is 8.19. The molecule has 0 unspecified atom stereocenters. The number of benzene rings is 2. The second-order valence-electron chi connectivity index (χ2n) is 6.75. The van der Waals surface area contributed by atoms with Crippen molar-refractivity contribution in [1.29, 1.82) is 0 Å². The Morgan fingerprint density at radius 3 is 1.00 bits per heavy atom. The highest BCUT2D eigenvalue weighted by atomic mass is 35.5. The third kappa shape index (κ3) is 2.70. The molecule has 0 spiro atoms.